The molecule has 2 N–H and O–H groups in total. The van der Waals surface area contributed by atoms with Crippen LogP contribution in [-0.4, -0.2) is 17.4 Å². The average molecular weight is 220 g/mol. The first-order chi connectivity index (χ1) is 7.03. The lowest BCUT2D eigenvalue weighted by Crippen LogP contribution is -2.31. The summed E-state index contributed by atoms with van der Waals surface area (Å²) in [5, 5.41) is 11.1. The van der Waals surface area contributed by atoms with Crippen LogP contribution in [0.4, 0.5) is 13.2 Å². The number of halogens is 3. The van der Waals surface area contributed by atoms with Gasteiger partial charge in [-0.2, -0.15) is 4.84 Å². The highest BCUT2D eigenvalue weighted by Crippen LogP contribution is 2.14. The molecule has 1 aromatic rings. The number of benzene rings is 1. The van der Waals surface area contributed by atoms with E-state index >= 15 is 0 Å². The molecule has 0 saturated carbocycles. The maximum absolute atomic E-state index is 11.6. The van der Waals surface area contributed by atoms with Gasteiger partial charge in [-0.25, -0.2) is 5.48 Å². The first-order valence-electron chi connectivity index (χ1n) is 3.81. The summed E-state index contributed by atoms with van der Waals surface area (Å²) in [6, 6.07) is 7.75. The molecule has 0 aliphatic heterocycles. The molecule has 0 bridgehead atoms. The Morgan fingerprint density at radius 1 is 1.27 bits per heavy atom. The number of hydrogen-bond acceptors (Lipinski definition) is 3. The quantitative estimate of drug-likeness (QED) is 0.346. The van der Waals surface area contributed by atoms with Crippen LogP contribution in [0.5, 0.6) is 0 Å². The predicted molar refractivity (Wildman–Crippen MR) is 45.0 cm³/mol. The van der Waals surface area contributed by atoms with Crippen molar-refractivity contribution in [3.8, 4) is 0 Å². The van der Waals surface area contributed by atoms with E-state index in [-0.39, 0.29) is 5.56 Å². The van der Waals surface area contributed by atoms with Gasteiger partial charge in [0.1, 0.15) is 0 Å². The molecule has 0 aliphatic carbocycles. The molecule has 0 aliphatic rings. The monoisotopic (exact) mass is 220 g/mol. The number of hydrogen-bond donors (Lipinski definition) is 2. The van der Waals surface area contributed by atoms with E-state index in [4.69, 9.17) is 5.21 Å². The summed E-state index contributed by atoms with van der Waals surface area (Å²) in [6.07, 6.45) is -4.84. The van der Waals surface area contributed by atoms with Gasteiger partial charge in [-0.3, -0.25) is 0 Å². The maximum Gasteiger partial charge on any atom is 0.543 e. The van der Waals surface area contributed by atoms with Crippen LogP contribution in [0.15, 0.2) is 35.5 Å². The molecule has 0 unspecified atom stereocenters. The summed E-state index contributed by atoms with van der Waals surface area (Å²) in [6.45, 7) is 0. The van der Waals surface area contributed by atoms with E-state index in [9.17, 15) is 13.2 Å². The van der Waals surface area contributed by atoms with Gasteiger partial charge in [0.25, 0.3) is 0 Å². The van der Waals surface area contributed by atoms with Crippen LogP contribution in [0.25, 0.3) is 0 Å². The largest absolute Gasteiger partial charge is 0.543 e. The fourth-order valence-electron chi connectivity index (χ4n) is 0.839. The second-order valence-corrected chi connectivity index (χ2v) is 2.46. The summed E-state index contributed by atoms with van der Waals surface area (Å²) in [5.74, 6) is -0.423. The number of hydroxylamine groups is 1. The van der Waals surface area contributed by atoms with Crippen LogP contribution in [-0.2, 0) is 4.84 Å². The second-order valence-electron chi connectivity index (χ2n) is 2.46. The predicted octanol–water partition coefficient (Wildman–Crippen LogP) is 1.86. The first kappa shape index (κ1) is 11.3. The van der Waals surface area contributed by atoms with E-state index in [2.05, 4.69) is 9.99 Å². The van der Waals surface area contributed by atoms with E-state index < -0.39 is 12.2 Å². The van der Waals surface area contributed by atoms with E-state index in [1.165, 1.54) is 17.6 Å². The van der Waals surface area contributed by atoms with Crippen molar-refractivity contribution in [1.29, 1.82) is 0 Å². The minimum absolute atomic E-state index is 0.268. The summed E-state index contributed by atoms with van der Waals surface area (Å²) < 4.78 is 34.9. The van der Waals surface area contributed by atoms with Gasteiger partial charge in [0.05, 0.1) is 0 Å². The zero-order valence-corrected chi connectivity index (χ0v) is 7.32. The Labute approximate surface area is 82.9 Å². The molecule has 0 fully saturated rings. The van der Waals surface area contributed by atoms with Crippen LogP contribution in [0, 0.1) is 0 Å². The van der Waals surface area contributed by atoms with Gasteiger partial charge >= 0.3 is 6.36 Å². The van der Waals surface area contributed by atoms with Crippen molar-refractivity contribution >= 4 is 5.84 Å². The molecule has 4 nitrogen and oxygen atoms in total. The Morgan fingerprint density at radius 3 is 2.33 bits per heavy atom. The Hall–Kier alpha value is -1.76. The maximum atomic E-state index is 11.6. The van der Waals surface area contributed by atoms with Gasteiger partial charge in [0.2, 0.25) is 0 Å². The third kappa shape index (κ3) is 3.86. The number of alkyl halides is 3. The summed E-state index contributed by atoms with van der Waals surface area (Å²) in [5.41, 5.74) is 1.77. The zero-order chi connectivity index (χ0) is 11.3. The van der Waals surface area contributed by atoms with Gasteiger partial charge in [0.15, 0.2) is 5.84 Å². The fourth-order valence-corrected chi connectivity index (χ4v) is 0.839. The molecule has 7 heteroatoms. The van der Waals surface area contributed by atoms with Crippen molar-refractivity contribution in [2.45, 2.75) is 6.36 Å². The lowest BCUT2D eigenvalue weighted by atomic mass is 10.2. The van der Waals surface area contributed by atoms with E-state index in [0.29, 0.717) is 0 Å². The molecular formula is C8H7F3N2O2. The molecular weight excluding hydrogens is 213 g/mol. The summed E-state index contributed by atoms with van der Waals surface area (Å²) >= 11 is 0. The van der Waals surface area contributed by atoms with Crippen LogP contribution < -0.4 is 5.48 Å². The molecule has 1 aromatic carbocycles. The number of amidine groups is 1. The van der Waals surface area contributed by atoms with Crippen LogP contribution in [0.2, 0.25) is 0 Å². The highest BCUT2D eigenvalue weighted by molar-refractivity contribution is 5.97. The Balaban J connectivity index is 2.67. The molecule has 0 amide bonds. The molecule has 0 spiro atoms. The molecule has 0 saturated heterocycles. The normalized spacial score (nSPS) is 12.6. The molecule has 0 aromatic heterocycles. The van der Waals surface area contributed by atoms with Gasteiger partial charge in [-0.15, -0.1) is 13.2 Å². The zero-order valence-electron chi connectivity index (χ0n) is 7.32. The highest BCUT2D eigenvalue weighted by atomic mass is 19.4. The van der Waals surface area contributed by atoms with Gasteiger partial charge in [0, 0.05) is 5.56 Å². The van der Waals surface area contributed by atoms with Crippen molar-refractivity contribution in [2.75, 3.05) is 0 Å². The molecule has 82 valence electrons. The van der Waals surface area contributed by atoms with Crippen molar-refractivity contribution in [3.63, 3.8) is 0 Å². The van der Waals surface area contributed by atoms with Gasteiger partial charge in [-0.05, 0) is 0 Å². The SMILES string of the molecule is ON=C(NOC(F)(F)F)c1ccccc1. The van der Waals surface area contributed by atoms with Crippen molar-refractivity contribution in [3.05, 3.63) is 35.9 Å². The Kier molecular flexibility index (Phi) is 3.51. The Morgan fingerprint density at radius 2 is 1.87 bits per heavy atom. The standard InChI is InChI=1S/C8H7F3N2O2/c9-8(10,11)15-13-7(12-14)6-4-2-1-3-5-6/h1-5,14H,(H,12,13). The summed E-state index contributed by atoms with van der Waals surface area (Å²) in [7, 11) is 0. The molecule has 0 radical (unpaired) electrons. The third-order valence-corrected chi connectivity index (χ3v) is 1.41. The number of nitrogens with one attached hydrogen (secondary N) is 1. The van der Waals surface area contributed by atoms with Crippen LogP contribution >= 0.6 is 0 Å². The lowest BCUT2D eigenvalue weighted by molar-refractivity contribution is -0.341. The molecule has 15 heavy (non-hydrogen) atoms. The molecule has 0 atom stereocenters. The van der Waals surface area contributed by atoms with Crippen LogP contribution in [0.1, 0.15) is 5.56 Å². The second kappa shape index (κ2) is 4.65. The summed E-state index contributed by atoms with van der Waals surface area (Å²) in [4.78, 5) is 3.30. The molecule has 1 rings (SSSR count). The van der Waals surface area contributed by atoms with Gasteiger partial charge < -0.3 is 5.21 Å². The lowest BCUT2D eigenvalue weighted by Gasteiger charge is -2.09. The minimum Gasteiger partial charge on any atom is -0.409 e. The van der Waals surface area contributed by atoms with Gasteiger partial charge in [-0.1, -0.05) is 35.5 Å². The first-order valence-corrected chi connectivity index (χ1v) is 3.81. The van der Waals surface area contributed by atoms with Crippen molar-refractivity contribution < 1.29 is 23.2 Å². The van der Waals surface area contributed by atoms with Crippen molar-refractivity contribution in [2.24, 2.45) is 5.16 Å². The van der Waals surface area contributed by atoms with E-state index in [0.717, 1.165) is 0 Å². The van der Waals surface area contributed by atoms with E-state index in [1.807, 2.05) is 0 Å². The number of nitrogens with zero attached hydrogens (tertiary/aromatic N) is 1. The van der Waals surface area contributed by atoms with Crippen LogP contribution in [0.3, 0.4) is 0 Å². The smallest absolute Gasteiger partial charge is 0.409 e. The minimum atomic E-state index is -4.84. The molecule has 0 heterocycles. The van der Waals surface area contributed by atoms with Crippen molar-refractivity contribution in [1.82, 2.24) is 5.48 Å². The highest BCUT2D eigenvalue weighted by Gasteiger charge is 2.30. The Bertz CT molecular complexity index is 337. The third-order valence-electron chi connectivity index (χ3n) is 1.41. The topological polar surface area (TPSA) is 53.9 Å². The number of rotatable bonds is 2. The fraction of sp³-hybridized carbons (Fsp3) is 0.125. The number of oxime groups is 1. The van der Waals surface area contributed by atoms with E-state index in [1.54, 1.807) is 18.2 Å². The average Bonchev–Trinajstić information content (AvgIpc) is 2.19.